The van der Waals surface area contributed by atoms with E-state index >= 15 is 0 Å². The molecule has 1 aliphatic carbocycles. The van der Waals surface area contributed by atoms with E-state index in [1.807, 2.05) is 19.1 Å². The zero-order chi connectivity index (χ0) is 23.1. The molecule has 4 aromatic rings. The average molecular weight is 459 g/mol. The van der Waals surface area contributed by atoms with Gasteiger partial charge < -0.3 is 19.5 Å². The third-order valence-corrected chi connectivity index (χ3v) is 7.57. The average Bonchev–Trinajstić information content (AvgIpc) is 3.10. The van der Waals surface area contributed by atoms with Crippen molar-refractivity contribution in [2.24, 2.45) is 0 Å². The van der Waals surface area contributed by atoms with E-state index < -0.39 is 5.82 Å². The number of furan rings is 1. The van der Waals surface area contributed by atoms with Crippen LogP contribution in [0.25, 0.3) is 16.6 Å². The Labute approximate surface area is 197 Å². The maximum Gasteiger partial charge on any atom is 0.259 e. The summed E-state index contributed by atoms with van der Waals surface area (Å²) in [6.45, 7) is 3.71. The highest BCUT2D eigenvalue weighted by atomic mass is 19.1. The molecule has 0 saturated carbocycles. The van der Waals surface area contributed by atoms with Gasteiger partial charge in [0, 0.05) is 43.3 Å². The van der Waals surface area contributed by atoms with Gasteiger partial charge in [0.15, 0.2) is 11.5 Å². The van der Waals surface area contributed by atoms with E-state index in [4.69, 9.17) is 4.42 Å². The molecular weight excluding hydrogens is 431 g/mol. The van der Waals surface area contributed by atoms with Crippen molar-refractivity contribution in [3.63, 3.8) is 0 Å². The van der Waals surface area contributed by atoms with Crippen molar-refractivity contribution in [1.29, 1.82) is 0 Å². The SMILES string of the molecule is Cc1cn2cc(NC(=O)c3ccc(C4C5=C4C[C@@H]4CC[C@H](C5)N4)c4cc(C)oc34)cc(F)c2n1.[HH]. The molecule has 0 radical (unpaired) electrons. The van der Waals surface area contributed by atoms with Gasteiger partial charge in [0.25, 0.3) is 5.91 Å². The number of halogens is 1. The number of anilines is 1. The molecule has 7 heteroatoms. The minimum Gasteiger partial charge on any atom is -0.461 e. The monoisotopic (exact) mass is 458 g/mol. The molecule has 7 rings (SSSR count). The molecule has 2 N–H and O–H groups in total. The van der Waals surface area contributed by atoms with Crippen LogP contribution in [0.15, 0.2) is 52.2 Å². The molecule has 174 valence electrons. The fraction of sp³-hybridized carbons (Fsp3) is 0.333. The van der Waals surface area contributed by atoms with Gasteiger partial charge in [-0.25, -0.2) is 9.37 Å². The minimum atomic E-state index is -0.481. The van der Waals surface area contributed by atoms with Crippen molar-refractivity contribution in [3.8, 4) is 0 Å². The zero-order valence-corrected chi connectivity index (χ0v) is 19.1. The molecule has 2 bridgehead atoms. The fourth-order valence-corrected chi connectivity index (χ4v) is 6.09. The Morgan fingerprint density at radius 2 is 1.94 bits per heavy atom. The lowest BCUT2D eigenvalue weighted by molar-refractivity contribution is 0.102. The standard InChI is InChI=1S/C27H25FN4O2.H2/c1-13-11-32-12-17(10-23(28)26(32)29-13)31-27(33)19-6-5-18(22-7-14(2)34-25(19)22)24-20-8-15-3-4-16(30-15)9-21(20)24;/h5-7,10-12,15-16,24,30H,3-4,8-9H2,1-2H3,(H,31,33);1H/t15-,16+,24?;. The van der Waals surface area contributed by atoms with Gasteiger partial charge in [0.2, 0.25) is 0 Å². The van der Waals surface area contributed by atoms with Crippen LogP contribution in [0.1, 0.15) is 60.4 Å². The Bertz CT molecular complexity index is 1530. The van der Waals surface area contributed by atoms with Gasteiger partial charge in [-0.1, -0.05) is 17.2 Å². The number of benzene rings is 1. The van der Waals surface area contributed by atoms with Gasteiger partial charge in [0.05, 0.1) is 16.9 Å². The first-order valence-electron chi connectivity index (χ1n) is 11.9. The smallest absolute Gasteiger partial charge is 0.259 e. The number of carbonyl (C=O) groups excluding carboxylic acids is 1. The van der Waals surface area contributed by atoms with E-state index in [1.54, 1.807) is 34.9 Å². The molecule has 1 aromatic carbocycles. The second-order valence-corrected chi connectivity index (χ2v) is 9.98. The first-order chi connectivity index (χ1) is 16.4. The minimum absolute atomic E-state index is 0. The van der Waals surface area contributed by atoms with Crippen LogP contribution in [0.4, 0.5) is 10.1 Å². The number of amides is 1. The van der Waals surface area contributed by atoms with Crippen molar-refractivity contribution in [2.75, 3.05) is 5.32 Å². The number of rotatable bonds is 3. The summed E-state index contributed by atoms with van der Waals surface area (Å²) in [7, 11) is 0. The summed E-state index contributed by atoms with van der Waals surface area (Å²) >= 11 is 0. The Morgan fingerprint density at radius 1 is 1.18 bits per heavy atom. The summed E-state index contributed by atoms with van der Waals surface area (Å²) in [6.07, 6.45) is 8.17. The molecular formula is C27H27FN4O2. The molecule has 1 fully saturated rings. The van der Waals surface area contributed by atoms with Gasteiger partial charge in [-0.05, 0) is 57.2 Å². The number of aromatic nitrogens is 2. The lowest BCUT2D eigenvalue weighted by Gasteiger charge is -2.15. The largest absolute Gasteiger partial charge is 0.461 e. The summed E-state index contributed by atoms with van der Waals surface area (Å²) in [5.74, 6) is 0.345. The molecule has 1 amide bonds. The number of hydrogen-bond donors (Lipinski definition) is 2. The van der Waals surface area contributed by atoms with Crippen LogP contribution in [-0.4, -0.2) is 27.4 Å². The van der Waals surface area contributed by atoms with Crippen LogP contribution in [0.3, 0.4) is 0 Å². The molecule has 3 aromatic heterocycles. The number of carbonyl (C=O) groups is 1. The lowest BCUT2D eigenvalue weighted by Crippen LogP contribution is -2.28. The topological polar surface area (TPSA) is 71.6 Å². The van der Waals surface area contributed by atoms with E-state index in [0.717, 1.165) is 24.0 Å². The summed E-state index contributed by atoms with van der Waals surface area (Å²) < 4.78 is 22.1. The fourth-order valence-electron chi connectivity index (χ4n) is 6.09. The van der Waals surface area contributed by atoms with E-state index in [-0.39, 0.29) is 13.0 Å². The summed E-state index contributed by atoms with van der Waals surface area (Å²) in [5, 5.41) is 7.58. The molecule has 6 nitrogen and oxygen atoms in total. The van der Waals surface area contributed by atoms with Crippen molar-refractivity contribution >= 4 is 28.2 Å². The van der Waals surface area contributed by atoms with Gasteiger partial charge in [-0.2, -0.15) is 0 Å². The van der Waals surface area contributed by atoms with Crippen LogP contribution in [-0.2, 0) is 0 Å². The normalized spacial score (nSPS) is 23.4. The van der Waals surface area contributed by atoms with Crippen LogP contribution in [0.5, 0.6) is 0 Å². The van der Waals surface area contributed by atoms with Gasteiger partial charge in [-0.15, -0.1) is 0 Å². The van der Waals surface area contributed by atoms with Crippen LogP contribution in [0.2, 0.25) is 0 Å². The Morgan fingerprint density at radius 3 is 2.71 bits per heavy atom. The molecule has 2 aliphatic heterocycles. The van der Waals surface area contributed by atoms with Gasteiger partial charge in [0.1, 0.15) is 11.3 Å². The Balaban J connectivity index is 0.00000229. The molecule has 1 unspecified atom stereocenters. The molecule has 0 spiro atoms. The predicted molar refractivity (Wildman–Crippen MR) is 130 cm³/mol. The van der Waals surface area contributed by atoms with E-state index in [0.29, 0.717) is 40.5 Å². The summed E-state index contributed by atoms with van der Waals surface area (Å²) in [6, 6.07) is 8.46. The first-order valence-corrected chi connectivity index (χ1v) is 11.9. The van der Waals surface area contributed by atoms with Crippen LogP contribution >= 0.6 is 0 Å². The molecule has 1 saturated heterocycles. The highest BCUT2D eigenvalue weighted by molar-refractivity contribution is 6.12. The first kappa shape index (κ1) is 20.0. The molecule has 5 heterocycles. The van der Waals surface area contributed by atoms with E-state index in [9.17, 15) is 9.18 Å². The summed E-state index contributed by atoms with van der Waals surface area (Å²) in [5.41, 5.74) is 6.73. The predicted octanol–water partition coefficient (Wildman–Crippen LogP) is 5.64. The third-order valence-electron chi connectivity index (χ3n) is 7.57. The van der Waals surface area contributed by atoms with Crippen molar-refractivity contribution < 1.29 is 15.0 Å². The van der Waals surface area contributed by atoms with Gasteiger partial charge in [-0.3, -0.25) is 4.79 Å². The highest BCUT2D eigenvalue weighted by Crippen LogP contribution is 2.56. The van der Waals surface area contributed by atoms with E-state index in [2.05, 4.69) is 21.7 Å². The molecule has 3 aliphatic rings. The lowest BCUT2D eigenvalue weighted by atomic mass is 9.96. The van der Waals surface area contributed by atoms with Crippen LogP contribution in [0, 0.1) is 19.7 Å². The maximum absolute atomic E-state index is 14.5. The second kappa shape index (κ2) is 7.03. The zero-order valence-electron chi connectivity index (χ0n) is 19.1. The van der Waals surface area contributed by atoms with Crippen molar-refractivity contribution in [1.82, 2.24) is 14.7 Å². The molecule has 34 heavy (non-hydrogen) atoms. The third kappa shape index (κ3) is 3.03. The Kier molecular flexibility index (Phi) is 4.13. The maximum atomic E-state index is 14.5. The quantitative estimate of drug-likeness (QED) is 0.390. The molecule has 3 atom stereocenters. The number of imidazole rings is 1. The van der Waals surface area contributed by atoms with Crippen molar-refractivity contribution in [3.05, 3.63) is 76.2 Å². The van der Waals surface area contributed by atoms with Gasteiger partial charge >= 0.3 is 0 Å². The Hall–Kier alpha value is -3.45. The summed E-state index contributed by atoms with van der Waals surface area (Å²) in [4.78, 5) is 17.4. The number of hydrogen-bond acceptors (Lipinski definition) is 4. The number of nitrogens with one attached hydrogen (secondary N) is 2. The van der Waals surface area contributed by atoms with Crippen molar-refractivity contribution in [2.45, 2.75) is 57.5 Å². The highest BCUT2D eigenvalue weighted by Gasteiger charge is 2.45. The number of fused-ring (bicyclic) bond motifs is 4. The second-order valence-electron chi connectivity index (χ2n) is 9.98. The number of pyridine rings is 1. The number of nitrogens with zero attached hydrogens (tertiary/aromatic N) is 2. The van der Waals surface area contributed by atoms with E-state index in [1.165, 1.54) is 24.5 Å². The van der Waals surface area contributed by atoms with Crippen LogP contribution < -0.4 is 10.6 Å². The number of aryl methyl sites for hydroxylation is 2.